The van der Waals surface area contributed by atoms with E-state index in [1.807, 2.05) is 11.3 Å². The lowest BCUT2D eigenvalue weighted by Crippen LogP contribution is -2.20. The van der Waals surface area contributed by atoms with E-state index < -0.39 is 0 Å². The second kappa shape index (κ2) is 5.70. The molecule has 1 heterocycles. The van der Waals surface area contributed by atoms with Gasteiger partial charge in [-0.05, 0) is 44.6 Å². The standard InChI is InChI=1S/C15H26N2S/c1-5-16-11(2)13-10-17-14(18-13)12-6-8-15(3,4)9-7-12/h10-12,16H,5-9H2,1-4H3. The SMILES string of the molecule is CCNC(C)c1cnc(C2CCC(C)(C)CC2)s1. The van der Waals surface area contributed by atoms with Crippen molar-refractivity contribution in [2.75, 3.05) is 6.54 Å². The fraction of sp³-hybridized carbons (Fsp3) is 0.800. The third-order valence-electron chi connectivity index (χ3n) is 4.17. The molecular formula is C15H26N2S. The monoisotopic (exact) mass is 266 g/mol. The predicted molar refractivity (Wildman–Crippen MR) is 79.2 cm³/mol. The lowest BCUT2D eigenvalue weighted by atomic mass is 9.73. The van der Waals surface area contributed by atoms with E-state index in [0.29, 0.717) is 17.4 Å². The number of rotatable bonds is 4. The Morgan fingerprint density at radius 1 is 1.44 bits per heavy atom. The van der Waals surface area contributed by atoms with Crippen LogP contribution in [0.3, 0.4) is 0 Å². The van der Waals surface area contributed by atoms with Gasteiger partial charge in [-0.2, -0.15) is 0 Å². The first-order valence-corrected chi connectivity index (χ1v) is 8.02. The van der Waals surface area contributed by atoms with Crippen LogP contribution in [0.1, 0.15) is 75.2 Å². The molecule has 18 heavy (non-hydrogen) atoms. The maximum atomic E-state index is 4.67. The van der Waals surface area contributed by atoms with Crippen LogP contribution in [0.25, 0.3) is 0 Å². The van der Waals surface area contributed by atoms with Crippen molar-refractivity contribution in [3.05, 3.63) is 16.1 Å². The van der Waals surface area contributed by atoms with E-state index in [1.54, 1.807) is 0 Å². The van der Waals surface area contributed by atoms with Gasteiger partial charge >= 0.3 is 0 Å². The second-order valence-electron chi connectivity index (χ2n) is 6.32. The topological polar surface area (TPSA) is 24.9 Å². The molecule has 1 aliphatic rings. The van der Waals surface area contributed by atoms with Crippen molar-refractivity contribution in [1.82, 2.24) is 10.3 Å². The molecule has 2 nitrogen and oxygen atoms in total. The van der Waals surface area contributed by atoms with Gasteiger partial charge in [0.05, 0.1) is 5.01 Å². The van der Waals surface area contributed by atoms with Gasteiger partial charge in [-0.1, -0.05) is 20.8 Å². The fourth-order valence-electron chi connectivity index (χ4n) is 2.74. The van der Waals surface area contributed by atoms with Gasteiger partial charge < -0.3 is 5.32 Å². The minimum atomic E-state index is 0.446. The molecule has 0 spiro atoms. The highest BCUT2D eigenvalue weighted by Crippen LogP contribution is 2.43. The first-order valence-electron chi connectivity index (χ1n) is 7.21. The van der Waals surface area contributed by atoms with Gasteiger partial charge in [-0.3, -0.25) is 0 Å². The van der Waals surface area contributed by atoms with Crippen LogP contribution in [-0.2, 0) is 0 Å². The number of thiazole rings is 1. The maximum Gasteiger partial charge on any atom is 0.0959 e. The summed E-state index contributed by atoms with van der Waals surface area (Å²) in [5.41, 5.74) is 0.549. The summed E-state index contributed by atoms with van der Waals surface area (Å²) in [5.74, 6) is 0.714. The molecule has 3 heteroatoms. The Morgan fingerprint density at radius 3 is 2.72 bits per heavy atom. The van der Waals surface area contributed by atoms with Crippen molar-refractivity contribution < 1.29 is 0 Å². The van der Waals surface area contributed by atoms with E-state index in [0.717, 1.165) is 6.54 Å². The lowest BCUT2D eigenvalue weighted by molar-refractivity contribution is 0.224. The molecule has 0 aliphatic heterocycles. The molecule has 1 N–H and O–H groups in total. The molecule has 0 radical (unpaired) electrons. The molecule has 0 amide bonds. The zero-order chi connectivity index (χ0) is 13.2. The van der Waals surface area contributed by atoms with Gasteiger partial charge in [-0.25, -0.2) is 4.98 Å². The van der Waals surface area contributed by atoms with Crippen LogP contribution in [0.5, 0.6) is 0 Å². The Bertz CT molecular complexity index is 374. The molecular weight excluding hydrogens is 240 g/mol. The van der Waals surface area contributed by atoms with Gasteiger partial charge in [0.25, 0.3) is 0 Å². The van der Waals surface area contributed by atoms with Crippen LogP contribution in [-0.4, -0.2) is 11.5 Å². The summed E-state index contributed by atoms with van der Waals surface area (Å²) in [6, 6.07) is 0.446. The van der Waals surface area contributed by atoms with Crippen molar-refractivity contribution in [2.24, 2.45) is 5.41 Å². The number of aromatic nitrogens is 1. The van der Waals surface area contributed by atoms with E-state index in [1.165, 1.54) is 35.6 Å². The minimum absolute atomic E-state index is 0.446. The average Bonchev–Trinajstić information content (AvgIpc) is 2.79. The third kappa shape index (κ3) is 3.33. The van der Waals surface area contributed by atoms with E-state index in [4.69, 9.17) is 0 Å². The second-order valence-corrected chi connectivity index (χ2v) is 7.41. The fourth-order valence-corrected chi connectivity index (χ4v) is 3.86. The highest BCUT2D eigenvalue weighted by molar-refractivity contribution is 7.11. The molecule has 0 aromatic carbocycles. The number of hydrogen-bond acceptors (Lipinski definition) is 3. The van der Waals surface area contributed by atoms with Crippen molar-refractivity contribution >= 4 is 11.3 Å². The molecule has 2 rings (SSSR count). The smallest absolute Gasteiger partial charge is 0.0959 e. The highest BCUT2D eigenvalue weighted by atomic mass is 32.1. The van der Waals surface area contributed by atoms with E-state index in [9.17, 15) is 0 Å². The van der Waals surface area contributed by atoms with Crippen LogP contribution in [0.4, 0.5) is 0 Å². The van der Waals surface area contributed by atoms with Gasteiger partial charge in [0.15, 0.2) is 0 Å². The van der Waals surface area contributed by atoms with Gasteiger partial charge in [0.1, 0.15) is 0 Å². The predicted octanol–water partition coefficient (Wildman–Crippen LogP) is 4.50. The quantitative estimate of drug-likeness (QED) is 0.868. The minimum Gasteiger partial charge on any atom is -0.310 e. The molecule has 1 aromatic heterocycles. The molecule has 0 bridgehead atoms. The molecule has 102 valence electrons. The first kappa shape index (κ1) is 14.0. The third-order valence-corrected chi connectivity index (χ3v) is 5.51. The molecule has 0 saturated heterocycles. The zero-order valence-electron chi connectivity index (χ0n) is 12.1. The Kier molecular flexibility index (Phi) is 4.44. The van der Waals surface area contributed by atoms with Crippen LogP contribution in [0, 0.1) is 5.41 Å². The Labute approximate surface area is 115 Å². The van der Waals surface area contributed by atoms with Crippen LogP contribution < -0.4 is 5.32 Å². The summed E-state index contributed by atoms with van der Waals surface area (Å²) in [6.45, 7) is 10.2. The van der Waals surface area contributed by atoms with Gasteiger partial charge in [-0.15, -0.1) is 11.3 Å². The van der Waals surface area contributed by atoms with Crippen LogP contribution in [0.15, 0.2) is 6.20 Å². The molecule has 1 aromatic rings. The normalized spacial score (nSPS) is 22.0. The largest absolute Gasteiger partial charge is 0.310 e. The van der Waals surface area contributed by atoms with Crippen LogP contribution in [0.2, 0.25) is 0 Å². The number of hydrogen-bond donors (Lipinski definition) is 1. The maximum absolute atomic E-state index is 4.67. The molecule has 1 aliphatic carbocycles. The van der Waals surface area contributed by atoms with Crippen molar-refractivity contribution in [1.29, 1.82) is 0 Å². The summed E-state index contributed by atoms with van der Waals surface area (Å²) < 4.78 is 0. The Hall–Kier alpha value is -0.410. The average molecular weight is 266 g/mol. The van der Waals surface area contributed by atoms with E-state index >= 15 is 0 Å². The van der Waals surface area contributed by atoms with Gasteiger partial charge in [0.2, 0.25) is 0 Å². The Balaban J connectivity index is 1.98. The summed E-state index contributed by atoms with van der Waals surface area (Å²) >= 11 is 1.91. The summed E-state index contributed by atoms with van der Waals surface area (Å²) in [4.78, 5) is 6.06. The van der Waals surface area contributed by atoms with E-state index in [-0.39, 0.29) is 0 Å². The number of nitrogens with zero attached hydrogens (tertiary/aromatic N) is 1. The first-order chi connectivity index (χ1) is 8.52. The number of nitrogens with one attached hydrogen (secondary N) is 1. The zero-order valence-corrected chi connectivity index (χ0v) is 12.9. The van der Waals surface area contributed by atoms with Crippen molar-refractivity contribution in [3.8, 4) is 0 Å². The van der Waals surface area contributed by atoms with E-state index in [2.05, 4.69) is 44.2 Å². The van der Waals surface area contributed by atoms with Crippen molar-refractivity contribution in [2.45, 2.75) is 65.3 Å². The summed E-state index contributed by atoms with van der Waals surface area (Å²) in [5, 5.41) is 4.83. The van der Waals surface area contributed by atoms with Crippen molar-refractivity contribution in [3.63, 3.8) is 0 Å². The molecule has 1 fully saturated rings. The lowest BCUT2D eigenvalue weighted by Gasteiger charge is -2.33. The molecule has 1 saturated carbocycles. The molecule has 1 atom stereocenters. The summed E-state index contributed by atoms with van der Waals surface area (Å²) in [7, 11) is 0. The molecule has 1 unspecified atom stereocenters. The Morgan fingerprint density at radius 2 is 2.11 bits per heavy atom. The highest BCUT2D eigenvalue weighted by Gasteiger charge is 2.29. The van der Waals surface area contributed by atoms with Gasteiger partial charge in [0, 0.05) is 23.0 Å². The van der Waals surface area contributed by atoms with Crippen LogP contribution >= 0.6 is 11.3 Å². The summed E-state index contributed by atoms with van der Waals surface area (Å²) in [6.07, 6.45) is 7.39.